The van der Waals surface area contributed by atoms with E-state index in [1.54, 1.807) is 21.5 Å². The van der Waals surface area contributed by atoms with E-state index in [1.807, 2.05) is 37.3 Å². The number of H-pyrrole nitrogens is 1. The smallest absolute Gasteiger partial charge is 0.329 e. The summed E-state index contributed by atoms with van der Waals surface area (Å²) in [5.74, 6) is -0.996. The van der Waals surface area contributed by atoms with Crippen LogP contribution in [0.3, 0.4) is 0 Å². The second-order valence-electron chi connectivity index (χ2n) is 9.11. The Kier molecular flexibility index (Phi) is 6.73. The van der Waals surface area contributed by atoms with Gasteiger partial charge in [-0.25, -0.2) is 4.79 Å². The van der Waals surface area contributed by atoms with Crippen LogP contribution in [0.25, 0.3) is 22.5 Å². The van der Waals surface area contributed by atoms with Gasteiger partial charge in [0.2, 0.25) is 5.82 Å². The quantitative estimate of drug-likeness (QED) is 0.280. The van der Waals surface area contributed by atoms with E-state index in [0.29, 0.717) is 12.4 Å². The van der Waals surface area contributed by atoms with Gasteiger partial charge in [-0.2, -0.15) is 5.21 Å². The summed E-state index contributed by atoms with van der Waals surface area (Å²) in [6, 6.07) is 9.39. The summed E-state index contributed by atoms with van der Waals surface area (Å²) in [5, 5.41) is 24.1. The van der Waals surface area contributed by atoms with Crippen LogP contribution in [0.15, 0.2) is 47.5 Å². The third-order valence-corrected chi connectivity index (χ3v) is 8.07. The number of aliphatic carboxylic acids is 1. The van der Waals surface area contributed by atoms with Gasteiger partial charge < -0.3 is 5.11 Å². The number of nitrogens with zero attached hydrogens (tertiary/aromatic N) is 6. The molecule has 0 radical (unpaired) electrons. The van der Waals surface area contributed by atoms with Crippen LogP contribution in [0.5, 0.6) is 0 Å². The number of rotatable bonds is 9. The molecule has 0 aliphatic heterocycles. The van der Waals surface area contributed by atoms with Gasteiger partial charge in [0.05, 0.1) is 24.2 Å². The molecule has 3 atom stereocenters. The van der Waals surface area contributed by atoms with Crippen molar-refractivity contribution in [3.8, 4) is 22.5 Å². The highest BCUT2D eigenvalue weighted by Gasteiger charge is 2.55. The molecular weight excluding hydrogens is 573 g/mol. The Hall–Kier alpha value is -3.35. The van der Waals surface area contributed by atoms with Gasteiger partial charge in [-0.1, -0.05) is 44.5 Å². The number of imidazole rings is 1. The Morgan fingerprint density at radius 1 is 1.19 bits per heavy atom. The van der Waals surface area contributed by atoms with E-state index in [2.05, 4.69) is 55.1 Å². The maximum absolute atomic E-state index is 13.8. The molecule has 11 heteroatoms. The van der Waals surface area contributed by atoms with Gasteiger partial charge in [0.1, 0.15) is 3.70 Å². The molecular formula is C25H26IN7O3. The highest BCUT2D eigenvalue weighted by atomic mass is 127. The minimum Gasteiger partial charge on any atom is -0.481 e. The summed E-state index contributed by atoms with van der Waals surface area (Å²) in [5.41, 5.74) is 4.29. The second kappa shape index (κ2) is 9.96. The molecule has 3 aromatic heterocycles. The highest BCUT2D eigenvalue weighted by molar-refractivity contribution is 14.1. The van der Waals surface area contributed by atoms with E-state index >= 15 is 0 Å². The van der Waals surface area contributed by atoms with Crippen molar-refractivity contribution in [3.63, 3.8) is 0 Å². The molecule has 36 heavy (non-hydrogen) atoms. The molecule has 1 fully saturated rings. The molecule has 0 amide bonds. The van der Waals surface area contributed by atoms with Crippen molar-refractivity contribution in [2.75, 3.05) is 0 Å². The molecule has 10 nitrogen and oxygen atoms in total. The highest BCUT2D eigenvalue weighted by Crippen LogP contribution is 2.50. The summed E-state index contributed by atoms with van der Waals surface area (Å²) < 4.78 is 4.31. The zero-order valence-corrected chi connectivity index (χ0v) is 22.1. The number of hydrogen-bond donors (Lipinski definition) is 2. The predicted molar refractivity (Wildman–Crippen MR) is 141 cm³/mol. The van der Waals surface area contributed by atoms with Crippen LogP contribution in [0.2, 0.25) is 0 Å². The molecule has 0 spiro atoms. The number of hydrogen-bond acceptors (Lipinski definition) is 6. The number of benzene rings is 1. The number of unbranched alkanes of at least 4 members (excludes halogenated alkanes) is 1. The monoisotopic (exact) mass is 599 g/mol. The minimum absolute atomic E-state index is 0.0839. The van der Waals surface area contributed by atoms with Crippen LogP contribution in [-0.2, 0) is 17.8 Å². The average molecular weight is 599 g/mol. The first-order chi connectivity index (χ1) is 17.4. The predicted octanol–water partition coefficient (Wildman–Crippen LogP) is 3.78. The molecule has 1 aromatic carbocycles. The van der Waals surface area contributed by atoms with Gasteiger partial charge in [0.15, 0.2) is 0 Å². The maximum Gasteiger partial charge on any atom is 0.329 e. The first-order valence-electron chi connectivity index (χ1n) is 11.9. The second-order valence-corrected chi connectivity index (χ2v) is 10.1. The van der Waals surface area contributed by atoms with Crippen molar-refractivity contribution in [2.45, 2.75) is 45.7 Å². The number of carboxylic acid groups (broad SMARTS) is 1. The van der Waals surface area contributed by atoms with E-state index in [9.17, 15) is 14.7 Å². The Bertz CT molecular complexity index is 1460. The molecule has 0 saturated heterocycles. The SMILES string of the molecule is CCCCc1c(I)n(C2C(C)C2C(=O)O)c(=O)n1Cc1cnccc1-c1ccccc1-c1nn[nH]n1. The number of tetrazole rings is 1. The molecule has 3 unspecified atom stereocenters. The van der Waals surface area contributed by atoms with E-state index in [1.165, 1.54) is 0 Å². The molecule has 5 rings (SSSR count). The number of carbonyl (C=O) groups is 1. The summed E-state index contributed by atoms with van der Waals surface area (Å²) in [6.45, 7) is 4.33. The number of aromatic nitrogens is 7. The van der Waals surface area contributed by atoms with Crippen molar-refractivity contribution < 1.29 is 9.90 Å². The largest absolute Gasteiger partial charge is 0.481 e. The number of nitrogens with one attached hydrogen (secondary N) is 1. The third-order valence-electron chi connectivity index (χ3n) is 6.93. The lowest BCUT2D eigenvalue weighted by molar-refractivity contribution is -0.139. The number of halogens is 1. The molecule has 4 aromatic rings. The van der Waals surface area contributed by atoms with Gasteiger partial charge >= 0.3 is 11.7 Å². The lowest BCUT2D eigenvalue weighted by Gasteiger charge is -2.14. The summed E-state index contributed by atoms with van der Waals surface area (Å²) >= 11 is 2.21. The number of aromatic amines is 1. The van der Waals surface area contributed by atoms with Crippen molar-refractivity contribution in [2.24, 2.45) is 11.8 Å². The lowest BCUT2D eigenvalue weighted by Crippen LogP contribution is -2.26. The van der Waals surface area contributed by atoms with Crippen LogP contribution in [0, 0.1) is 15.5 Å². The Morgan fingerprint density at radius 2 is 1.97 bits per heavy atom. The third kappa shape index (κ3) is 4.25. The summed E-state index contributed by atoms with van der Waals surface area (Å²) in [4.78, 5) is 29.8. The van der Waals surface area contributed by atoms with Gasteiger partial charge in [-0.3, -0.25) is 18.9 Å². The molecule has 186 valence electrons. The van der Waals surface area contributed by atoms with Crippen LogP contribution in [-0.4, -0.2) is 45.8 Å². The topological polar surface area (TPSA) is 132 Å². The Labute approximate surface area is 220 Å². The van der Waals surface area contributed by atoms with Crippen LogP contribution < -0.4 is 5.69 Å². The lowest BCUT2D eigenvalue weighted by atomic mass is 9.96. The maximum atomic E-state index is 13.8. The molecule has 1 aliphatic rings. The fourth-order valence-electron chi connectivity index (χ4n) is 4.97. The standard InChI is InChI=1S/C25H26IN7O3/c1-3-4-9-19-22(26)33(21-14(2)20(21)24(34)35)25(36)32(19)13-15-12-27-11-10-16(15)17-7-5-6-8-18(17)23-28-30-31-29-23/h5-8,10-12,14,20-21H,3-4,9,13H2,1-2H3,(H,34,35)(H,28,29,30,31). The number of carboxylic acids is 1. The molecule has 1 saturated carbocycles. The zero-order valence-electron chi connectivity index (χ0n) is 19.9. The van der Waals surface area contributed by atoms with Crippen molar-refractivity contribution in [3.05, 3.63) is 68.2 Å². The van der Waals surface area contributed by atoms with Crippen molar-refractivity contribution in [1.82, 2.24) is 34.7 Å². The van der Waals surface area contributed by atoms with E-state index in [0.717, 1.165) is 50.9 Å². The van der Waals surface area contributed by atoms with Crippen molar-refractivity contribution in [1.29, 1.82) is 0 Å². The van der Waals surface area contributed by atoms with Gasteiger partial charge in [-0.15, -0.1) is 10.2 Å². The fourth-order valence-corrected chi connectivity index (χ4v) is 6.06. The first-order valence-corrected chi connectivity index (χ1v) is 13.0. The Balaban J connectivity index is 1.60. The minimum atomic E-state index is -0.856. The zero-order chi connectivity index (χ0) is 25.4. The normalized spacial score (nSPS) is 18.9. The first kappa shape index (κ1) is 24.3. The average Bonchev–Trinajstić information content (AvgIpc) is 3.19. The number of pyridine rings is 1. The van der Waals surface area contributed by atoms with Crippen LogP contribution in [0.4, 0.5) is 0 Å². The van der Waals surface area contributed by atoms with Crippen LogP contribution in [0.1, 0.15) is 44.0 Å². The Morgan fingerprint density at radius 3 is 2.64 bits per heavy atom. The molecule has 0 bridgehead atoms. The summed E-state index contributed by atoms with van der Waals surface area (Å²) in [7, 11) is 0. The summed E-state index contributed by atoms with van der Waals surface area (Å²) in [6.07, 6.45) is 6.17. The van der Waals surface area contributed by atoms with Gasteiger partial charge in [0, 0.05) is 18.0 Å². The van der Waals surface area contributed by atoms with E-state index in [-0.39, 0.29) is 17.6 Å². The van der Waals surface area contributed by atoms with Gasteiger partial charge in [0.25, 0.3) is 0 Å². The molecule has 1 aliphatic carbocycles. The molecule has 3 heterocycles. The van der Waals surface area contributed by atoms with Crippen LogP contribution >= 0.6 is 22.6 Å². The van der Waals surface area contributed by atoms with Crippen molar-refractivity contribution >= 4 is 28.6 Å². The fraction of sp³-hybridized carbons (Fsp3) is 0.360. The van der Waals surface area contributed by atoms with E-state index in [4.69, 9.17) is 0 Å². The van der Waals surface area contributed by atoms with Gasteiger partial charge in [-0.05, 0) is 69.3 Å². The molecule has 2 N–H and O–H groups in total. The van der Waals surface area contributed by atoms with E-state index < -0.39 is 11.9 Å².